The molecule has 0 aromatic rings. The van der Waals surface area contributed by atoms with Crippen molar-refractivity contribution in [1.82, 2.24) is 0 Å². The fourth-order valence-electron chi connectivity index (χ4n) is 0. The predicted octanol–water partition coefficient (Wildman–Crippen LogP) is -4.04. The minimum Gasteiger partial charge on any atom is -0.360 e. The van der Waals surface area contributed by atoms with Gasteiger partial charge in [0.15, 0.2) is 0 Å². The van der Waals surface area contributed by atoms with Crippen LogP contribution in [0.1, 0.15) is 6.92 Å². The Morgan fingerprint density at radius 3 is 1.73 bits per heavy atom. The zero-order valence-electron chi connectivity index (χ0n) is 6.82. The number of hydrogen-bond acceptors (Lipinski definition) is 4. The van der Waals surface area contributed by atoms with Crippen LogP contribution >= 0.6 is 0 Å². The zero-order chi connectivity index (χ0) is 8.78. The Labute approximate surface area is 89.6 Å². The van der Waals surface area contributed by atoms with Crippen LogP contribution in [-0.4, -0.2) is 24.9 Å². The van der Waals surface area contributed by atoms with Crippen LogP contribution in [0.4, 0.5) is 0 Å². The van der Waals surface area contributed by atoms with Gasteiger partial charge in [0.05, 0.1) is 0 Å². The summed E-state index contributed by atoms with van der Waals surface area (Å²) in [6, 6.07) is 0. The maximum absolute atomic E-state index is 9.76. The van der Waals surface area contributed by atoms with Gasteiger partial charge in [-0.25, -0.2) is 0 Å². The van der Waals surface area contributed by atoms with Crippen LogP contribution in [0, 0.1) is 6.92 Å². The molecule has 7 heteroatoms. The molecule has 0 rings (SSSR count). The zero-order valence-corrected chi connectivity index (χ0v) is 9.63. The molecule has 0 amide bonds. The van der Waals surface area contributed by atoms with Crippen molar-refractivity contribution in [3.05, 3.63) is 6.92 Å². The van der Waals surface area contributed by atoms with Gasteiger partial charge in [-0.05, 0) is 6.92 Å². The first-order chi connectivity index (χ1) is 4.36. The molecule has 0 aliphatic heterocycles. The van der Waals surface area contributed by atoms with E-state index in [1.165, 1.54) is 6.92 Å². The molecule has 1 atom stereocenters. The summed E-state index contributed by atoms with van der Waals surface area (Å²) in [5.74, 6) is 0. The summed E-state index contributed by atoms with van der Waals surface area (Å²) in [7, 11) is -3.96. The van der Waals surface area contributed by atoms with Gasteiger partial charge in [0.1, 0.15) is 5.37 Å². The van der Waals surface area contributed by atoms with E-state index in [9.17, 15) is 8.42 Å². The molecule has 5 N–H and O–H groups in total. The monoisotopic (exact) mass is 192 g/mol. The second-order valence-corrected chi connectivity index (χ2v) is 3.28. The topological polar surface area (TPSA) is 106 Å². The first kappa shape index (κ1) is 17.8. The Balaban J connectivity index is -0.000000140. The molecule has 1 unspecified atom stereocenters. The van der Waals surface area contributed by atoms with Crippen molar-refractivity contribution in [1.29, 1.82) is 0 Å². The molecule has 0 radical (unpaired) electrons. The van der Waals surface area contributed by atoms with E-state index in [2.05, 4.69) is 6.92 Å². The Bertz CT molecular complexity index is 157. The summed E-state index contributed by atoms with van der Waals surface area (Å²) < 4.78 is 27.5. The average molecular weight is 192 g/mol. The van der Waals surface area contributed by atoms with Gasteiger partial charge in [0.2, 0.25) is 0 Å². The second kappa shape index (κ2) is 8.92. The molecule has 11 heavy (non-hydrogen) atoms. The van der Waals surface area contributed by atoms with Gasteiger partial charge < -0.3 is 18.4 Å². The molecule has 64 valence electrons. The van der Waals surface area contributed by atoms with Crippen LogP contribution in [0.25, 0.3) is 0 Å². The van der Waals surface area contributed by atoms with E-state index in [1.807, 2.05) is 0 Å². The minimum atomic E-state index is -3.96. The molecule has 0 aliphatic carbocycles. The van der Waals surface area contributed by atoms with Crippen molar-refractivity contribution in [2.24, 2.45) is 11.5 Å². The van der Waals surface area contributed by atoms with E-state index in [-0.39, 0.29) is 29.6 Å². The first-order valence-corrected chi connectivity index (χ1v) is 4.07. The average Bonchev–Trinajstić information content (AvgIpc) is 1.64. The van der Waals surface area contributed by atoms with E-state index in [1.54, 1.807) is 0 Å². The van der Waals surface area contributed by atoms with Gasteiger partial charge in [-0.1, -0.05) is 0 Å². The quantitative estimate of drug-likeness (QED) is 0.223. The smallest absolute Gasteiger partial charge is 0.360 e. The molecule has 0 spiro atoms. The van der Waals surface area contributed by atoms with Gasteiger partial charge in [-0.2, -0.15) is 8.42 Å². The van der Waals surface area contributed by atoms with Gasteiger partial charge in [-0.3, -0.25) is 4.55 Å². The SMILES string of the molecule is CC(N)S(=O)(=O)O.[CH2-]CN.[Na+]. The molecule has 0 heterocycles. The van der Waals surface area contributed by atoms with E-state index < -0.39 is 15.5 Å². The molecular weight excluding hydrogens is 179 g/mol. The van der Waals surface area contributed by atoms with Crippen LogP contribution < -0.4 is 41.0 Å². The van der Waals surface area contributed by atoms with Crippen LogP contribution in [0.5, 0.6) is 0 Å². The van der Waals surface area contributed by atoms with Gasteiger partial charge in [0.25, 0.3) is 10.1 Å². The Morgan fingerprint density at radius 1 is 1.64 bits per heavy atom. The normalized spacial score (nSPS) is 12.1. The standard InChI is InChI=1S/C2H7NO3S.C2H6N.Na/c1-2(3)7(4,5)6;1-2-3;/h2H,3H2,1H3,(H,4,5,6);1-3H2;/q;-1;+1. The maximum Gasteiger partial charge on any atom is 1.00 e. The van der Waals surface area contributed by atoms with Crippen LogP contribution in [0.15, 0.2) is 0 Å². The molecular formula is C4H13N2NaO3S. The molecule has 0 aromatic heterocycles. The van der Waals surface area contributed by atoms with E-state index in [0.717, 1.165) is 0 Å². The molecule has 0 aromatic carbocycles. The molecule has 0 fully saturated rings. The van der Waals surface area contributed by atoms with Gasteiger partial charge in [-0.15, -0.1) is 6.54 Å². The van der Waals surface area contributed by atoms with Crippen molar-refractivity contribution in [3.63, 3.8) is 0 Å². The Kier molecular flexibility index (Phi) is 14.4. The van der Waals surface area contributed by atoms with Gasteiger partial charge in [0, 0.05) is 0 Å². The second-order valence-electron chi connectivity index (χ2n) is 1.51. The fraction of sp³-hybridized carbons (Fsp3) is 0.750. The fourth-order valence-corrected chi connectivity index (χ4v) is 0. The van der Waals surface area contributed by atoms with Crippen molar-refractivity contribution in [2.45, 2.75) is 12.3 Å². The third-order valence-corrected chi connectivity index (χ3v) is 1.41. The van der Waals surface area contributed by atoms with Crippen molar-refractivity contribution >= 4 is 10.1 Å². The van der Waals surface area contributed by atoms with Gasteiger partial charge >= 0.3 is 29.6 Å². The number of rotatable bonds is 1. The summed E-state index contributed by atoms with van der Waals surface area (Å²) >= 11 is 0. The first-order valence-electron chi connectivity index (χ1n) is 2.57. The van der Waals surface area contributed by atoms with Crippen LogP contribution in [-0.2, 0) is 10.1 Å². The predicted molar refractivity (Wildman–Crippen MR) is 39.6 cm³/mol. The number of hydrogen-bond donors (Lipinski definition) is 3. The maximum atomic E-state index is 9.76. The summed E-state index contributed by atoms with van der Waals surface area (Å²) in [6.07, 6.45) is 0. The van der Waals surface area contributed by atoms with E-state index in [0.29, 0.717) is 6.54 Å². The third-order valence-electron chi connectivity index (χ3n) is 0.470. The molecule has 0 bridgehead atoms. The third kappa shape index (κ3) is 18.1. The van der Waals surface area contributed by atoms with E-state index in [4.69, 9.17) is 16.0 Å². The largest absolute Gasteiger partial charge is 1.00 e. The summed E-state index contributed by atoms with van der Waals surface area (Å²) in [5, 5.41) is -1.17. The molecule has 0 saturated carbocycles. The number of nitrogens with two attached hydrogens (primary N) is 2. The Morgan fingerprint density at radius 2 is 1.73 bits per heavy atom. The molecule has 0 saturated heterocycles. The van der Waals surface area contributed by atoms with Crippen LogP contribution in [0.2, 0.25) is 0 Å². The summed E-state index contributed by atoms with van der Waals surface area (Å²) in [5.41, 5.74) is 9.47. The van der Waals surface area contributed by atoms with Crippen LogP contribution in [0.3, 0.4) is 0 Å². The summed E-state index contributed by atoms with van der Waals surface area (Å²) in [4.78, 5) is 0. The molecule has 0 aliphatic rings. The van der Waals surface area contributed by atoms with Crippen molar-refractivity contribution < 1.29 is 42.5 Å². The molecule has 5 nitrogen and oxygen atoms in total. The summed E-state index contributed by atoms with van der Waals surface area (Å²) in [6.45, 7) is 4.95. The van der Waals surface area contributed by atoms with Crippen molar-refractivity contribution in [3.8, 4) is 0 Å². The van der Waals surface area contributed by atoms with E-state index >= 15 is 0 Å². The van der Waals surface area contributed by atoms with Crippen molar-refractivity contribution in [2.75, 3.05) is 6.54 Å². The minimum absolute atomic E-state index is 0. The Hall–Kier alpha value is 0.830.